The van der Waals surface area contributed by atoms with Crippen molar-refractivity contribution in [2.75, 3.05) is 13.2 Å². The minimum Gasteiger partial charge on any atom is -0.417 e. The number of rotatable bonds is 10. The summed E-state index contributed by atoms with van der Waals surface area (Å²) in [5.74, 6) is 0. The highest BCUT2D eigenvalue weighted by atomic mass is 16.7. The van der Waals surface area contributed by atoms with Crippen LogP contribution >= 0.6 is 0 Å². The van der Waals surface area contributed by atoms with Gasteiger partial charge in [-0.1, -0.05) is 39.0 Å². The van der Waals surface area contributed by atoms with Gasteiger partial charge < -0.3 is 25.4 Å². The van der Waals surface area contributed by atoms with Crippen LogP contribution in [0.2, 0.25) is 0 Å². The van der Waals surface area contributed by atoms with Crippen LogP contribution < -0.4 is 5.32 Å². The molecule has 2 unspecified atom stereocenters. The smallest absolute Gasteiger partial charge is 0.409 e. The number of amides is 1. The lowest BCUT2D eigenvalue weighted by molar-refractivity contribution is -0.137. The van der Waals surface area contributed by atoms with Gasteiger partial charge in [0.2, 0.25) is 6.29 Å². The Bertz CT molecular complexity index is 213. The largest absolute Gasteiger partial charge is 0.417 e. The highest BCUT2D eigenvalue weighted by molar-refractivity contribution is 5.67. The molecule has 2 atom stereocenters. The molecule has 108 valence electrons. The Morgan fingerprint density at radius 3 is 2.39 bits per heavy atom. The van der Waals surface area contributed by atoms with Gasteiger partial charge in [-0.2, -0.15) is 0 Å². The lowest BCUT2D eigenvalue weighted by Crippen LogP contribution is -2.37. The van der Waals surface area contributed by atoms with Crippen LogP contribution in [-0.2, 0) is 4.74 Å². The zero-order valence-corrected chi connectivity index (χ0v) is 11.0. The first-order valence-corrected chi connectivity index (χ1v) is 6.53. The topological polar surface area (TPSA) is 99.0 Å². The summed E-state index contributed by atoms with van der Waals surface area (Å²) in [6.07, 6.45) is 2.75. The molecule has 18 heavy (non-hydrogen) atoms. The first kappa shape index (κ1) is 17.2. The number of hydrogen-bond acceptors (Lipinski definition) is 5. The number of aliphatic hydroxyl groups is 3. The average molecular weight is 263 g/mol. The molecule has 0 bridgehead atoms. The zero-order valence-electron chi connectivity index (χ0n) is 11.0. The maximum absolute atomic E-state index is 11.1. The molecule has 0 saturated heterocycles. The lowest BCUT2D eigenvalue weighted by atomic mass is 10.1. The van der Waals surface area contributed by atoms with E-state index in [9.17, 15) is 4.79 Å². The van der Waals surface area contributed by atoms with Crippen molar-refractivity contribution >= 4 is 6.09 Å². The minimum absolute atomic E-state index is 0.479. The normalized spacial score (nSPS) is 14.0. The summed E-state index contributed by atoms with van der Waals surface area (Å²) in [6, 6.07) is 0. The standard InChI is InChI=1S/C12H25NO5/c1-2-3-4-5-6-7-8-13-12(17)18-11(16)10(15)9-14/h10-11,14-16H,2-9H2,1H3,(H,13,17). The predicted molar refractivity (Wildman–Crippen MR) is 67.0 cm³/mol. The molecule has 0 saturated carbocycles. The van der Waals surface area contributed by atoms with Gasteiger partial charge in [0.15, 0.2) is 0 Å². The number of hydrogen-bond donors (Lipinski definition) is 4. The lowest BCUT2D eigenvalue weighted by Gasteiger charge is -2.16. The second-order valence-electron chi connectivity index (χ2n) is 4.24. The van der Waals surface area contributed by atoms with Gasteiger partial charge in [0.05, 0.1) is 6.61 Å². The fourth-order valence-electron chi connectivity index (χ4n) is 1.42. The molecular formula is C12H25NO5. The van der Waals surface area contributed by atoms with Crippen molar-refractivity contribution in [1.29, 1.82) is 0 Å². The van der Waals surface area contributed by atoms with Crippen LogP contribution in [0.1, 0.15) is 45.4 Å². The summed E-state index contributed by atoms with van der Waals surface area (Å²) in [4.78, 5) is 11.1. The van der Waals surface area contributed by atoms with E-state index in [2.05, 4.69) is 17.0 Å². The van der Waals surface area contributed by atoms with Gasteiger partial charge in [-0.25, -0.2) is 4.79 Å². The fraction of sp³-hybridized carbons (Fsp3) is 0.917. The van der Waals surface area contributed by atoms with Gasteiger partial charge in [0, 0.05) is 6.54 Å². The second kappa shape index (κ2) is 11.3. The van der Waals surface area contributed by atoms with E-state index in [1.165, 1.54) is 19.3 Å². The zero-order chi connectivity index (χ0) is 13.8. The van der Waals surface area contributed by atoms with E-state index in [-0.39, 0.29) is 0 Å². The molecule has 0 rings (SSSR count). The Kier molecular flexibility index (Phi) is 10.7. The number of carbonyl (C=O) groups excluding carboxylic acids is 1. The number of unbranched alkanes of at least 4 members (excludes halogenated alkanes) is 5. The van der Waals surface area contributed by atoms with E-state index < -0.39 is 25.1 Å². The van der Waals surface area contributed by atoms with Gasteiger partial charge in [0.25, 0.3) is 0 Å². The molecule has 0 spiro atoms. The molecule has 0 fully saturated rings. The van der Waals surface area contributed by atoms with Gasteiger partial charge in [-0.05, 0) is 6.42 Å². The summed E-state index contributed by atoms with van der Waals surface area (Å²) in [6.45, 7) is 1.97. The van der Waals surface area contributed by atoms with Gasteiger partial charge in [-0.15, -0.1) is 0 Å². The van der Waals surface area contributed by atoms with E-state index in [1.807, 2.05) is 0 Å². The summed E-state index contributed by atoms with van der Waals surface area (Å²) >= 11 is 0. The van der Waals surface area contributed by atoms with E-state index in [0.29, 0.717) is 6.54 Å². The van der Waals surface area contributed by atoms with Crippen molar-refractivity contribution in [3.8, 4) is 0 Å². The third-order valence-electron chi connectivity index (χ3n) is 2.54. The Labute approximate surface area is 108 Å². The summed E-state index contributed by atoms with van der Waals surface area (Å²) in [7, 11) is 0. The van der Waals surface area contributed by atoms with Crippen LogP contribution in [0, 0.1) is 0 Å². The van der Waals surface area contributed by atoms with Gasteiger partial charge in [0.1, 0.15) is 6.10 Å². The molecule has 6 heteroatoms. The third-order valence-corrected chi connectivity index (χ3v) is 2.54. The molecule has 0 radical (unpaired) electrons. The highest BCUT2D eigenvalue weighted by Crippen LogP contribution is 2.04. The van der Waals surface area contributed by atoms with Crippen molar-refractivity contribution in [1.82, 2.24) is 5.32 Å². The first-order chi connectivity index (χ1) is 8.61. The minimum atomic E-state index is -1.69. The quantitative estimate of drug-likeness (QED) is 0.344. The monoisotopic (exact) mass is 263 g/mol. The molecule has 0 heterocycles. The Morgan fingerprint density at radius 2 is 1.78 bits per heavy atom. The van der Waals surface area contributed by atoms with Crippen LogP contribution in [0.15, 0.2) is 0 Å². The summed E-state index contributed by atoms with van der Waals surface area (Å²) in [5, 5.41) is 29.0. The molecule has 0 aromatic heterocycles. The number of aliphatic hydroxyl groups excluding tert-OH is 3. The molecule has 0 aliphatic rings. The summed E-state index contributed by atoms with van der Waals surface area (Å²) in [5.41, 5.74) is 0. The number of alkyl carbamates (subject to hydrolysis) is 1. The van der Waals surface area contributed by atoms with Crippen molar-refractivity contribution < 1.29 is 24.9 Å². The molecule has 0 aromatic carbocycles. The molecule has 1 amide bonds. The third kappa shape index (κ3) is 9.21. The van der Waals surface area contributed by atoms with Crippen LogP contribution in [0.4, 0.5) is 4.79 Å². The van der Waals surface area contributed by atoms with Crippen LogP contribution in [-0.4, -0.2) is 47.0 Å². The van der Waals surface area contributed by atoms with Crippen molar-refractivity contribution in [2.45, 2.75) is 57.8 Å². The van der Waals surface area contributed by atoms with Crippen LogP contribution in [0.3, 0.4) is 0 Å². The maximum atomic E-state index is 11.1. The Hall–Kier alpha value is -0.850. The van der Waals surface area contributed by atoms with E-state index in [1.54, 1.807) is 0 Å². The Morgan fingerprint density at radius 1 is 1.17 bits per heavy atom. The fourth-order valence-corrected chi connectivity index (χ4v) is 1.42. The molecule has 0 aromatic rings. The second-order valence-corrected chi connectivity index (χ2v) is 4.24. The first-order valence-electron chi connectivity index (χ1n) is 6.53. The summed E-state index contributed by atoms with van der Waals surface area (Å²) < 4.78 is 4.44. The maximum Gasteiger partial charge on any atom is 0.409 e. The van der Waals surface area contributed by atoms with Crippen molar-refractivity contribution in [2.24, 2.45) is 0 Å². The van der Waals surface area contributed by atoms with Crippen molar-refractivity contribution in [3.05, 3.63) is 0 Å². The molecule has 6 nitrogen and oxygen atoms in total. The van der Waals surface area contributed by atoms with E-state index >= 15 is 0 Å². The molecule has 0 aliphatic carbocycles. The van der Waals surface area contributed by atoms with Crippen LogP contribution in [0.5, 0.6) is 0 Å². The average Bonchev–Trinajstić information content (AvgIpc) is 2.36. The SMILES string of the molecule is CCCCCCCCNC(=O)OC(O)C(O)CO. The van der Waals surface area contributed by atoms with Gasteiger partial charge in [-0.3, -0.25) is 0 Å². The van der Waals surface area contributed by atoms with E-state index in [4.69, 9.17) is 15.3 Å². The molecule has 4 N–H and O–H groups in total. The van der Waals surface area contributed by atoms with Gasteiger partial charge >= 0.3 is 6.09 Å². The number of nitrogens with one attached hydrogen (secondary N) is 1. The number of carbonyl (C=O) groups is 1. The van der Waals surface area contributed by atoms with Crippen LogP contribution in [0.25, 0.3) is 0 Å². The van der Waals surface area contributed by atoms with E-state index in [0.717, 1.165) is 19.3 Å². The number of ether oxygens (including phenoxy) is 1. The predicted octanol–water partition coefficient (Wildman–Crippen LogP) is 0.745. The molecule has 0 aliphatic heterocycles. The molecular weight excluding hydrogens is 238 g/mol. The highest BCUT2D eigenvalue weighted by Gasteiger charge is 2.19. The Balaban J connectivity index is 3.42. The van der Waals surface area contributed by atoms with Crippen molar-refractivity contribution in [3.63, 3.8) is 0 Å².